The van der Waals surface area contributed by atoms with E-state index in [1.807, 2.05) is 13.8 Å². The minimum atomic E-state index is 0.0128. The molecular weight excluding hydrogens is 368 g/mol. The number of aryl methyl sites for hydroxylation is 2. The van der Waals surface area contributed by atoms with Gasteiger partial charge in [-0.3, -0.25) is 4.79 Å². The Balaban J connectivity index is 1.56. The van der Waals surface area contributed by atoms with Crippen LogP contribution in [0.2, 0.25) is 0 Å². The Kier molecular flexibility index (Phi) is 6.06. The van der Waals surface area contributed by atoms with E-state index in [0.29, 0.717) is 36.4 Å². The van der Waals surface area contributed by atoms with Crippen LogP contribution in [0.4, 0.5) is 5.82 Å². The lowest BCUT2D eigenvalue weighted by Gasteiger charge is -2.36. The molecule has 2 aromatic rings. The predicted molar refractivity (Wildman–Crippen MR) is 109 cm³/mol. The Bertz CT molecular complexity index is 843. The molecule has 8 nitrogen and oxygen atoms in total. The number of anilines is 1. The fraction of sp³-hybridized carbons (Fsp3) is 0.667. The SMILES string of the molecule is CCc1noc(-c2cnc(C)nc2N2CCCC(C(=O)N3CCCCCC3)C2)n1. The van der Waals surface area contributed by atoms with Crippen LogP contribution in [0.15, 0.2) is 10.7 Å². The molecule has 2 aliphatic rings. The van der Waals surface area contributed by atoms with E-state index in [1.54, 1.807) is 6.20 Å². The second kappa shape index (κ2) is 8.88. The van der Waals surface area contributed by atoms with Gasteiger partial charge in [-0.1, -0.05) is 24.9 Å². The predicted octanol–water partition coefficient (Wildman–Crippen LogP) is 3.02. The van der Waals surface area contributed by atoms with Crippen molar-refractivity contribution < 1.29 is 9.32 Å². The summed E-state index contributed by atoms with van der Waals surface area (Å²) < 4.78 is 5.45. The first kappa shape index (κ1) is 19.8. The van der Waals surface area contributed by atoms with E-state index in [2.05, 4.69) is 24.9 Å². The number of rotatable bonds is 4. The number of carbonyl (C=O) groups excluding carboxylic acids is 1. The molecule has 1 amide bonds. The molecule has 1 atom stereocenters. The topological polar surface area (TPSA) is 88.2 Å². The van der Waals surface area contributed by atoms with Gasteiger partial charge in [-0.15, -0.1) is 0 Å². The molecule has 156 valence electrons. The Hall–Kier alpha value is -2.51. The lowest BCUT2D eigenvalue weighted by Crippen LogP contribution is -2.45. The van der Waals surface area contributed by atoms with Crippen molar-refractivity contribution in [1.82, 2.24) is 25.0 Å². The van der Waals surface area contributed by atoms with E-state index < -0.39 is 0 Å². The third kappa shape index (κ3) is 4.41. The van der Waals surface area contributed by atoms with Gasteiger partial charge < -0.3 is 14.3 Å². The first-order valence-corrected chi connectivity index (χ1v) is 10.9. The zero-order valence-electron chi connectivity index (χ0n) is 17.4. The number of hydrogen-bond donors (Lipinski definition) is 0. The van der Waals surface area contributed by atoms with Crippen molar-refractivity contribution in [2.24, 2.45) is 5.92 Å². The highest BCUT2D eigenvalue weighted by Gasteiger charge is 2.31. The monoisotopic (exact) mass is 398 g/mol. The highest BCUT2D eigenvalue weighted by Crippen LogP contribution is 2.31. The third-order valence-electron chi connectivity index (χ3n) is 5.89. The largest absolute Gasteiger partial charge is 0.355 e. The molecule has 2 fully saturated rings. The highest BCUT2D eigenvalue weighted by atomic mass is 16.5. The minimum Gasteiger partial charge on any atom is -0.355 e. The Morgan fingerprint density at radius 3 is 2.66 bits per heavy atom. The first-order valence-electron chi connectivity index (χ1n) is 10.9. The van der Waals surface area contributed by atoms with E-state index >= 15 is 0 Å². The lowest BCUT2D eigenvalue weighted by molar-refractivity contribution is -0.135. The fourth-order valence-electron chi connectivity index (χ4n) is 4.28. The average molecular weight is 399 g/mol. The van der Waals surface area contributed by atoms with Gasteiger partial charge in [-0.25, -0.2) is 9.97 Å². The Morgan fingerprint density at radius 1 is 1.14 bits per heavy atom. The maximum atomic E-state index is 13.2. The lowest BCUT2D eigenvalue weighted by atomic mass is 9.96. The summed E-state index contributed by atoms with van der Waals surface area (Å²) in [6.07, 6.45) is 9.07. The van der Waals surface area contributed by atoms with Crippen LogP contribution in [0.25, 0.3) is 11.5 Å². The van der Waals surface area contributed by atoms with Crippen LogP contribution in [-0.2, 0) is 11.2 Å². The molecule has 0 saturated carbocycles. The van der Waals surface area contributed by atoms with Gasteiger partial charge in [-0.2, -0.15) is 4.98 Å². The van der Waals surface area contributed by atoms with Crippen molar-refractivity contribution in [1.29, 1.82) is 0 Å². The van der Waals surface area contributed by atoms with Crippen molar-refractivity contribution in [3.8, 4) is 11.5 Å². The zero-order chi connectivity index (χ0) is 20.2. The summed E-state index contributed by atoms with van der Waals surface area (Å²) in [4.78, 5) is 31.0. The summed E-state index contributed by atoms with van der Waals surface area (Å²) in [5, 5.41) is 4.01. The van der Waals surface area contributed by atoms with Crippen LogP contribution in [0.3, 0.4) is 0 Å². The Morgan fingerprint density at radius 2 is 1.93 bits per heavy atom. The molecule has 0 spiro atoms. The molecule has 4 rings (SSSR count). The molecule has 8 heteroatoms. The van der Waals surface area contributed by atoms with E-state index in [0.717, 1.165) is 56.7 Å². The van der Waals surface area contributed by atoms with Crippen molar-refractivity contribution in [2.75, 3.05) is 31.1 Å². The van der Waals surface area contributed by atoms with Gasteiger partial charge in [0, 0.05) is 38.8 Å². The molecule has 4 heterocycles. The molecular formula is C21H30N6O2. The fourth-order valence-corrected chi connectivity index (χ4v) is 4.28. The van der Waals surface area contributed by atoms with Crippen LogP contribution in [0.1, 0.15) is 57.1 Å². The van der Waals surface area contributed by atoms with Gasteiger partial charge >= 0.3 is 0 Å². The summed E-state index contributed by atoms with van der Waals surface area (Å²) in [5.74, 6) is 2.91. The van der Waals surface area contributed by atoms with E-state index in [9.17, 15) is 4.79 Å². The summed E-state index contributed by atoms with van der Waals surface area (Å²) >= 11 is 0. The van der Waals surface area contributed by atoms with Crippen LogP contribution in [0, 0.1) is 12.8 Å². The van der Waals surface area contributed by atoms with Gasteiger partial charge in [0.25, 0.3) is 5.89 Å². The summed E-state index contributed by atoms with van der Waals surface area (Å²) in [6.45, 7) is 7.20. The van der Waals surface area contributed by atoms with Crippen molar-refractivity contribution in [3.63, 3.8) is 0 Å². The molecule has 2 aliphatic heterocycles. The summed E-state index contributed by atoms with van der Waals surface area (Å²) in [7, 11) is 0. The summed E-state index contributed by atoms with van der Waals surface area (Å²) in [5.41, 5.74) is 0.741. The highest BCUT2D eigenvalue weighted by molar-refractivity contribution is 5.80. The molecule has 0 bridgehead atoms. The van der Waals surface area contributed by atoms with Crippen LogP contribution >= 0.6 is 0 Å². The molecule has 0 aliphatic carbocycles. The normalized spacial score (nSPS) is 20.6. The van der Waals surface area contributed by atoms with E-state index in [1.165, 1.54) is 12.8 Å². The maximum Gasteiger partial charge on any atom is 0.263 e. The number of nitrogens with zero attached hydrogens (tertiary/aromatic N) is 6. The number of aromatic nitrogens is 4. The van der Waals surface area contributed by atoms with Crippen molar-refractivity contribution in [2.45, 2.75) is 58.8 Å². The Labute approximate surface area is 171 Å². The van der Waals surface area contributed by atoms with E-state index in [-0.39, 0.29) is 5.92 Å². The van der Waals surface area contributed by atoms with Crippen LogP contribution in [-0.4, -0.2) is 57.1 Å². The van der Waals surface area contributed by atoms with Gasteiger partial charge in [0.1, 0.15) is 17.2 Å². The quantitative estimate of drug-likeness (QED) is 0.782. The third-order valence-corrected chi connectivity index (χ3v) is 5.89. The second-order valence-corrected chi connectivity index (χ2v) is 8.05. The second-order valence-electron chi connectivity index (χ2n) is 8.05. The van der Waals surface area contributed by atoms with Crippen molar-refractivity contribution >= 4 is 11.7 Å². The van der Waals surface area contributed by atoms with Crippen LogP contribution < -0.4 is 4.90 Å². The van der Waals surface area contributed by atoms with Gasteiger partial charge in [0.2, 0.25) is 5.91 Å². The molecule has 0 N–H and O–H groups in total. The molecule has 2 saturated heterocycles. The number of piperidine rings is 1. The molecule has 2 aromatic heterocycles. The number of hydrogen-bond acceptors (Lipinski definition) is 7. The van der Waals surface area contributed by atoms with E-state index in [4.69, 9.17) is 9.51 Å². The van der Waals surface area contributed by atoms with Gasteiger partial charge in [0.15, 0.2) is 5.82 Å². The number of amides is 1. The molecule has 29 heavy (non-hydrogen) atoms. The zero-order valence-corrected chi connectivity index (χ0v) is 17.4. The smallest absolute Gasteiger partial charge is 0.263 e. The summed E-state index contributed by atoms with van der Waals surface area (Å²) in [6, 6.07) is 0. The van der Waals surface area contributed by atoms with Crippen molar-refractivity contribution in [3.05, 3.63) is 17.8 Å². The minimum absolute atomic E-state index is 0.0128. The van der Waals surface area contributed by atoms with Crippen LogP contribution in [0.5, 0.6) is 0 Å². The average Bonchev–Trinajstić information content (AvgIpc) is 3.07. The van der Waals surface area contributed by atoms with Gasteiger partial charge in [0.05, 0.1) is 5.92 Å². The van der Waals surface area contributed by atoms with Gasteiger partial charge in [-0.05, 0) is 32.6 Å². The number of carbonyl (C=O) groups is 1. The standard InChI is InChI=1S/C21H30N6O2/c1-3-18-24-20(29-25-18)17-13-22-15(2)23-19(17)27-12-8-9-16(14-27)21(28)26-10-6-4-5-7-11-26/h13,16H,3-12,14H2,1-2H3. The molecule has 1 unspecified atom stereocenters. The molecule has 0 radical (unpaired) electrons. The molecule has 0 aromatic carbocycles. The first-order chi connectivity index (χ1) is 14.2. The number of likely N-dealkylation sites (tertiary alicyclic amines) is 1. The maximum absolute atomic E-state index is 13.2.